The van der Waals surface area contributed by atoms with E-state index in [4.69, 9.17) is 5.73 Å². The fraction of sp³-hybridized carbons (Fsp3) is 0.375. The van der Waals surface area contributed by atoms with Crippen molar-refractivity contribution in [3.8, 4) is 0 Å². The van der Waals surface area contributed by atoms with Gasteiger partial charge in [0.05, 0.1) is 5.69 Å². The van der Waals surface area contributed by atoms with Gasteiger partial charge in [-0.1, -0.05) is 0 Å². The van der Waals surface area contributed by atoms with Crippen LogP contribution in [-0.4, -0.2) is 11.5 Å². The first-order chi connectivity index (χ1) is 5.34. The lowest BCUT2D eigenvalue weighted by atomic mass is 10.2. The first-order valence-electron chi connectivity index (χ1n) is 3.67. The zero-order valence-electron chi connectivity index (χ0n) is 6.33. The Morgan fingerprint density at radius 3 is 3.00 bits per heavy atom. The number of hydrogen-bond donors (Lipinski definition) is 2. The molecule has 0 saturated heterocycles. The monoisotopic (exact) mass is 168 g/mol. The molecule has 11 heavy (non-hydrogen) atoms. The highest BCUT2D eigenvalue weighted by Gasteiger charge is 1.96. The highest BCUT2D eigenvalue weighted by Crippen LogP contribution is 2.10. The number of aryl methyl sites for hydroxylation is 1. The minimum absolute atomic E-state index is 0.712. The fourth-order valence-corrected chi connectivity index (χ4v) is 1.15. The third kappa shape index (κ3) is 2.52. The first-order valence-corrected chi connectivity index (χ1v) is 4.12. The van der Waals surface area contributed by atoms with Crippen molar-refractivity contribution in [2.45, 2.75) is 17.7 Å². The minimum atomic E-state index is 0.712. The summed E-state index contributed by atoms with van der Waals surface area (Å²) in [6.07, 6.45) is 3.69. The van der Waals surface area contributed by atoms with E-state index in [-0.39, 0.29) is 0 Å². The van der Waals surface area contributed by atoms with Gasteiger partial charge in [0.1, 0.15) is 0 Å². The summed E-state index contributed by atoms with van der Waals surface area (Å²) in [5.41, 5.74) is 6.42. The van der Waals surface area contributed by atoms with Crippen LogP contribution in [-0.2, 0) is 6.42 Å². The molecule has 0 atom stereocenters. The van der Waals surface area contributed by atoms with Crippen LogP contribution in [0.15, 0.2) is 23.2 Å². The van der Waals surface area contributed by atoms with Gasteiger partial charge >= 0.3 is 0 Å². The molecule has 3 heteroatoms. The Bertz CT molecular complexity index is 225. The van der Waals surface area contributed by atoms with Crippen molar-refractivity contribution in [3.05, 3.63) is 24.0 Å². The van der Waals surface area contributed by atoms with Crippen molar-refractivity contribution in [1.29, 1.82) is 0 Å². The van der Waals surface area contributed by atoms with Crippen LogP contribution >= 0.6 is 12.6 Å². The first kappa shape index (κ1) is 8.56. The lowest BCUT2D eigenvalue weighted by Gasteiger charge is -2.00. The van der Waals surface area contributed by atoms with Crippen molar-refractivity contribution in [2.24, 2.45) is 5.73 Å². The molecular formula is C8H12N2S. The number of nitrogens with zero attached hydrogens (tertiary/aromatic N) is 1. The second kappa shape index (κ2) is 4.36. The molecule has 0 aliphatic rings. The third-order valence-electron chi connectivity index (χ3n) is 1.48. The molecule has 1 heterocycles. The lowest BCUT2D eigenvalue weighted by Crippen LogP contribution is -2.01. The average molecular weight is 168 g/mol. The summed E-state index contributed by atoms with van der Waals surface area (Å²) in [4.78, 5) is 5.14. The third-order valence-corrected chi connectivity index (χ3v) is 1.89. The Hall–Kier alpha value is -0.540. The summed E-state index contributed by atoms with van der Waals surface area (Å²) < 4.78 is 0. The van der Waals surface area contributed by atoms with Gasteiger partial charge < -0.3 is 5.73 Å². The van der Waals surface area contributed by atoms with E-state index >= 15 is 0 Å². The van der Waals surface area contributed by atoms with Crippen LogP contribution in [0.4, 0.5) is 0 Å². The summed E-state index contributed by atoms with van der Waals surface area (Å²) in [6.45, 7) is 0.712. The average Bonchev–Trinajstić information content (AvgIpc) is 2.03. The van der Waals surface area contributed by atoms with E-state index in [2.05, 4.69) is 17.6 Å². The second-order valence-electron chi connectivity index (χ2n) is 2.36. The largest absolute Gasteiger partial charge is 0.330 e. The van der Waals surface area contributed by atoms with Crippen LogP contribution in [0, 0.1) is 0 Å². The van der Waals surface area contributed by atoms with Crippen molar-refractivity contribution >= 4 is 12.6 Å². The van der Waals surface area contributed by atoms with Crippen molar-refractivity contribution in [2.75, 3.05) is 6.54 Å². The molecule has 0 aliphatic heterocycles. The molecule has 60 valence electrons. The molecule has 2 nitrogen and oxygen atoms in total. The fourth-order valence-electron chi connectivity index (χ4n) is 0.892. The molecule has 0 radical (unpaired) electrons. The maximum atomic E-state index is 5.37. The molecule has 0 unspecified atom stereocenters. The molecule has 1 rings (SSSR count). The quantitative estimate of drug-likeness (QED) is 0.667. The van der Waals surface area contributed by atoms with Gasteiger partial charge in [0, 0.05) is 11.1 Å². The number of thiol groups is 1. The van der Waals surface area contributed by atoms with Gasteiger partial charge in [-0.3, -0.25) is 4.98 Å². The van der Waals surface area contributed by atoms with Crippen LogP contribution in [0.25, 0.3) is 0 Å². The number of pyridine rings is 1. The van der Waals surface area contributed by atoms with E-state index in [9.17, 15) is 0 Å². The van der Waals surface area contributed by atoms with E-state index in [1.165, 1.54) is 0 Å². The predicted molar refractivity (Wildman–Crippen MR) is 48.9 cm³/mol. The van der Waals surface area contributed by atoms with Gasteiger partial charge in [-0.15, -0.1) is 12.6 Å². The molecule has 0 spiro atoms. The highest BCUT2D eigenvalue weighted by atomic mass is 32.1. The summed E-state index contributed by atoms with van der Waals surface area (Å²) in [5, 5.41) is 0. The van der Waals surface area contributed by atoms with Crippen molar-refractivity contribution in [1.82, 2.24) is 4.98 Å². The normalized spacial score (nSPS) is 10.0. The molecular weight excluding hydrogens is 156 g/mol. The molecule has 0 fully saturated rings. The summed E-state index contributed by atoms with van der Waals surface area (Å²) in [5.74, 6) is 0. The zero-order valence-corrected chi connectivity index (χ0v) is 7.22. The van der Waals surface area contributed by atoms with E-state index in [0.717, 1.165) is 23.4 Å². The van der Waals surface area contributed by atoms with Gasteiger partial charge in [-0.2, -0.15) is 0 Å². The van der Waals surface area contributed by atoms with Crippen LogP contribution in [0.1, 0.15) is 12.1 Å². The Balaban J connectivity index is 2.62. The second-order valence-corrected chi connectivity index (χ2v) is 2.84. The van der Waals surface area contributed by atoms with E-state index < -0.39 is 0 Å². The number of hydrogen-bond acceptors (Lipinski definition) is 3. The van der Waals surface area contributed by atoms with E-state index in [1.54, 1.807) is 6.20 Å². The van der Waals surface area contributed by atoms with Gasteiger partial charge in [0.25, 0.3) is 0 Å². The molecule has 0 amide bonds. The highest BCUT2D eigenvalue weighted by molar-refractivity contribution is 7.80. The SMILES string of the molecule is NCCCc1ncccc1S. The molecule has 0 bridgehead atoms. The van der Waals surface area contributed by atoms with Crippen LogP contribution < -0.4 is 5.73 Å². The molecule has 0 aliphatic carbocycles. The Morgan fingerprint density at radius 2 is 2.36 bits per heavy atom. The maximum absolute atomic E-state index is 5.37. The molecule has 1 aromatic heterocycles. The van der Waals surface area contributed by atoms with Crippen LogP contribution in [0.2, 0.25) is 0 Å². The lowest BCUT2D eigenvalue weighted by molar-refractivity contribution is 0.795. The molecule has 2 N–H and O–H groups in total. The topological polar surface area (TPSA) is 38.9 Å². The number of rotatable bonds is 3. The summed E-state index contributed by atoms with van der Waals surface area (Å²) in [6, 6.07) is 3.83. The van der Waals surface area contributed by atoms with Crippen molar-refractivity contribution in [3.63, 3.8) is 0 Å². The molecule has 0 aromatic carbocycles. The number of nitrogens with two attached hydrogens (primary N) is 1. The summed E-state index contributed by atoms with van der Waals surface area (Å²) >= 11 is 4.27. The van der Waals surface area contributed by atoms with Gasteiger partial charge in [0.2, 0.25) is 0 Å². The standard InChI is InChI=1S/C8H12N2S/c9-5-1-3-7-8(11)4-2-6-10-7/h2,4,6,11H,1,3,5,9H2. The van der Waals surface area contributed by atoms with Crippen LogP contribution in [0.3, 0.4) is 0 Å². The van der Waals surface area contributed by atoms with Gasteiger partial charge in [-0.25, -0.2) is 0 Å². The summed E-state index contributed by atoms with van der Waals surface area (Å²) in [7, 11) is 0. The van der Waals surface area contributed by atoms with E-state index in [0.29, 0.717) is 6.54 Å². The predicted octanol–water partition coefficient (Wildman–Crippen LogP) is 1.26. The van der Waals surface area contributed by atoms with Crippen LogP contribution in [0.5, 0.6) is 0 Å². The Kier molecular flexibility index (Phi) is 3.39. The Morgan fingerprint density at radius 1 is 1.55 bits per heavy atom. The zero-order chi connectivity index (χ0) is 8.10. The van der Waals surface area contributed by atoms with Gasteiger partial charge in [0.15, 0.2) is 0 Å². The van der Waals surface area contributed by atoms with E-state index in [1.807, 2.05) is 12.1 Å². The minimum Gasteiger partial charge on any atom is -0.330 e. The molecule has 1 aromatic rings. The molecule has 0 saturated carbocycles. The smallest absolute Gasteiger partial charge is 0.0537 e. The van der Waals surface area contributed by atoms with Crippen molar-refractivity contribution < 1.29 is 0 Å². The Labute approximate surface area is 72.2 Å². The van der Waals surface area contributed by atoms with Gasteiger partial charge in [-0.05, 0) is 31.5 Å². The number of aromatic nitrogens is 1. The maximum Gasteiger partial charge on any atom is 0.0537 e.